The summed E-state index contributed by atoms with van der Waals surface area (Å²) in [6, 6.07) is 2.69. The van der Waals surface area contributed by atoms with Gasteiger partial charge in [0.1, 0.15) is 6.61 Å². The lowest BCUT2D eigenvalue weighted by atomic mass is 9.94. The fourth-order valence-electron chi connectivity index (χ4n) is 2.66. The molecular weight excluding hydrogens is 305 g/mol. The van der Waals surface area contributed by atoms with Crippen LogP contribution in [0, 0.1) is 25.1 Å². The van der Waals surface area contributed by atoms with Gasteiger partial charge in [0.15, 0.2) is 11.6 Å². The minimum Gasteiger partial charge on any atom is -0.478 e. The summed E-state index contributed by atoms with van der Waals surface area (Å²) in [5.41, 5.74) is 0.795. The highest BCUT2D eigenvalue weighted by Gasteiger charge is 2.25. The predicted octanol–water partition coefficient (Wildman–Crippen LogP) is 3.43. The Morgan fingerprint density at radius 2 is 2.23 bits per heavy atom. The summed E-state index contributed by atoms with van der Waals surface area (Å²) in [5, 5.41) is 2.82. The van der Waals surface area contributed by atoms with Crippen LogP contribution in [0.25, 0.3) is 0 Å². The minimum absolute atomic E-state index is 0.0146. The summed E-state index contributed by atoms with van der Waals surface area (Å²) in [6.45, 7) is 1.66. The number of alkyl halides is 1. The van der Waals surface area contributed by atoms with Crippen LogP contribution in [0.15, 0.2) is 12.1 Å². The Hall–Kier alpha value is -1.73. The molecule has 3 nitrogen and oxygen atoms in total. The van der Waals surface area contributed by atoms with Gasteiger partial charge in [-0.3, -0.25) is 4.79 Å². The average Bonchev–Trinajstić information content (AvgIpc) is 2.48. The van der Waals surface area contributed by atoms with E-state index in [0.29, 0.717) is 5.56 Å². The zero-order valence-corrected chi connectivity index (χ0v) is 13.3. The SMILES string of the molecule is C#CCOc1c(C)cc(C(=O)NC2CCCCC2Cl)cc1F. The fourth-order valence-corrected chi connectivity index (χ4v) is 3.00. The van der Waals surface area contributed by atoms with Crippen LogP contribution < -0.4 is 10.1 Å². The number of hydrogen-bond donors (Lipinski definition) is 1. The third-order valence-electron chi connectivity index (χ3n) is 3.79. The first-order chi connectivity index (χ1) is 10.5. The van der Waals surface area contributed by atoms with Crippen LogP contribution in [0.5, 0.6) is 5.75 Å². The number of nitrogens with one attached hydrogen (secondary N) is 1. The molecule has 1 amide bonds. The smallest absolute Gasteiger partial charge is 0.251 e. The second kappa shape index (κ2) is 7.51. The maximum atomic E-state index is 14.1. The second-order valence-electron chi connectivity index (χ2n) is 5.48. The predicted molar refractivity (Wildman–Crippen MR) is 84.8 cm³/mol. The van der Waals surface area contributed by atoms with Crippen LogP contribution >= 0.6 is 11.6 Å². The fraction of sp³-hybridized carbons (Fsp3) is 0.471. The van der Waals surface area contributed by atoms with Gasteiger partial charge in [-0.1, -0.05) is 18.8 Å². The maximum Gasteiger partial charge on any atom is 0.251 e. The van der Waals surface area contributed by atoms with Gasteiger partial charge in [-0.2, -0.15) is 0 Å². The van der Waals surface area contributed by atoms with E-state index >= 15 is 0 Å². The lowest BCUT2D eigenvalue weighted by Gasteiger charge is -2.27. The molecule has 0 radical (unpaired) electrons. The molecule has 0 saturated heterocycles. The van der Waals surface area contributed by atoms with E-state index in [9.17, 15) is 9.18 Å². The third kappa shape index (κ3) is 3.92. The number of ether oxygens (including phenoxy) is 1. The Balaban J connectivity index is 2.11. The number of carbonyl (C=O) groups excluding carboxylic acids is 1. The number of benzene rings is 1. The molecule has 0 bridgehead atoms. The normalized spacial score (nSPS) is 21.0. The van der Waals surface area contributed by atoms with Crippen molar-refractivity contribution in [2.45, 2.75) is 44.0 Å². The summed E-state index contributed by atoms with van der Waals surface area (Å²) in [5.74, 6) is 1.46. The Morgan fingerprint density at radius 3 is 2.86 bits per heavy atom. The largest absolute Gasteiger partial charge is 0.478 e. The van der Waals surface area contributed by atoms with Gasteiger partial charge in [0, 0.05) is 11.6 Å². The van der Waals surface area contributed by atoms with Crippen LogP contribution in [0.3, 0.4) is 0 Å². The topological polar surface area (TPSA) is 38.3 Å². The van der Waals surface area contributed by atoms with Crippen molar-refractivity contribution in [3.05, 3.63) is 29.1 Å². The first-order valence-electron chi connectivity index (χ1n) is 7.34. The van der Waals surface area contributed by atoms with Crippen LogP contribution in [0.1, 0.15) is 41.6 Å². The molecule has 2 unspecified atom stereocenters. The molecule has 118 valence electrons. The second-order valence-corrected chi connectivity index (χ2v) is 6.04. The van der Waals surface area contributed by atoms with Gasteiger partial charge in [-0.15, -0.1) is 18.0 Å². The number of amides is 1. The van der Waals surface area contributed by atoms with Crippen molar-refractivity contribution in [2.24, 2.45) is 0 Å². The van der Waals surface area contributed by atoms with Crippen LogP contribution in [0.4, 0.5) is 4.39 Å². The number of rotatable bonds is 4. The first-order valence-corrected chi connectivity index (χ1v) is 7.78. The van der Waals surface area contributed by atoms with Crippen molar-refractivity contribution in [3.8, 4) is 18.1 Å². The lowest BCUT2D eigenvalue weighted by Crippen LogP contribution is -2.42. The molecule has 2 atom stereocenters. The molecule has 5 heteroatoms. The van der Waals surface area contributed by atoms with E-state index in [1.807, 2.05) is 0 Å². The van der Waals surface area contributed by atoms with E-state index in [4.69, 9.17) is 22.8 Å². The van der Waals surface area contributed by atoms with Crippen molar-refractivity contribution in [3.63, 3.8) is 0 Å². The average molecular weight is 324 g/mol. The van der Waals surface area contributed by atoms with E-state index in [-0.39, 0.29) is 35.2 Å². The molecule has 1 fully saturated rings. The lowest BCUT2D eigenvalue weighted by molar-refractivity contribution is 0.0928. The summed E-state index contributed by atoms with van der Waals surface area (Å²) >= 11 is 6.23. The molecule has 1 aromatic rings. The molecule has 1 aliphatic carbocycles. The number of aryl methyl sites for hydroxylation is 1. The summed E-state index contributed by atoms with van der Waals surface area (Å²) in [4.78, 5) is 12.3. The van der Waals surface area contributed by atoms with Gasteiger partial charge >= 0.3 is 0 Å². The highest BCUT2D eigenvalue weighted by atomic mass is 35.5. The molecule has 0 aliphatic heterocycles. The molecule has 0 spiro atoms. The number of halogens is 2. The van der Waals surface area contributed by atoms with E-state index in [0.717, 1.165) is 25.7 Å². The van der Waals surface area contributed by atoms with Gasteiger partial charge < -0.3 is 10.1 Å². The van der Waals surface area contributed by atoms with E-state index < -0.39 is 5.82 Å². The van der Waals surface area contributed by atoms with Crippen molar-refractivity contribution in [1.29, 1.82) is 0 Å². The Morgan fingerprint density at radius 1 is 1.50 bits per heavy atom. The van der Waals surface area contributed by atoms with Gasteiger partial charge in [0.2, 0.25) is 0 Å². The van der Waals surface area contributed by atoms with Gasteiger partial charge in [-0.25, -0.2) is 4.39 Å². The van der Waals surface area contributed by atoms with E-state index in [1.54, 1.807) is 13.0 Å². The number of hydrogen-bond acceptors (Lipinski definition) is 2. The molecule has 1 aromatic carbocycles. The van der Waals surface area contributed by atoms with E-state index in [1.165, 1.54) is 6.07 Å². The Labute approximate surface area is 135 Å². The van der Waals surface area contributed by atoms with Crippen molar-refractivity contribution >= 4 is 17.5 Å². The highest BCUT2D eigenvalue weighted by Crippen LogP contribution is 2.26. The van der Waals surface area contributed by atoms with E-state index in [2.05, 4.69) is 11.2 Å². The third-order valence-corrected chi connectivity index (χ3v) is 4.31. The molecule has 0 aromatic heterocycles. The van der Waals surface area contributed by atoms with Crippen molar-refractivity contribution < 1.29 is 13.9 Å². The Bertz CT molecular complexity index is 574. The minimum atomic E-state index is -0.591. The summed E-state index contributed by atoms with van der Waals surface area (Å²) < 4.78 is 19.2. The quantitative estimate of drug-likeness (QED) is 0.681. The monoisotopic (exact) mass is 323 g/mol. The van der Waals surface area contributed by atoms with Gasteiger partial charge in [-0.05, 0) is 37.5 Å². The summed E-state index contributed by atoms with van der Waals surface area (Å²) in [7, 11) is 0. The molecule has 22 heavy (non-hydrogen) atoms. The molecule has 1 N–H and O–H groups in total. The molecule has 2 rings (SSSR count). The van der Waals surface area contributed by atoms with Crippen molar-refractivity contribution in [2.75, 3.05) is 6.61 Å². The van der Waals surface area contributed by atoms with Gasteiger partial charge in [0.25, 0.3) is 5.91 Å². The van der Waals surface area contributed by atoms with Crippen molar-refractivity contribution in [1.82, 2.24) is 5.32 Å². The number of carbonyl (C=O) groups is 1. The standard InChI is InChI=1S/C17H19ClFNO2/c1-3-8-22-16-11(2)9-12(10-14(16)19)17(21)20-15-7-5-4-6-13(15)18/h1,9-10,13,15H,4-8H2,2H3,(H,20,21). The summed E-state index contributed by atoms with van der Waals surface area (Å²) in [6.07, 6.45) is 8.96. The first kappa shape index (κ1) is 16.6. The maximum absolute atomic E-state index is 14.1. The van der Waals surface area contributed by atoms with Crippen LogP contribution in [-0.2, 0) is 0 Å². The molecule has 0 heterocycles. The number of terminal acetylenes is 1. The van der Waals surface area contributed by atoms with Gasteiger partial charge in [0.05, 0.1) is 5.38 Å². The Kier molecular flexibility index (Phi) is 5.68. The van der Waals surface area contributed by atoms with Crippen LogP contribution in [-0.4, -0.2) is 23.9 Å². The highest BCUT2D eigenvalue weighted by molar-refractivity contribution is 6.21. The molecule has 1 saturated carbocycles. The zero-order valence-electron chi connectivity index (χ0n) is 12.5. The molecular formula is C17H19ClFNO2. The zero-order chi connectivity index (χ0) is 16.1. The molecule has 1 aliphatic rings. The van der Waals surface area contributed by atoms with Crippen LogP contribution in [0.2, 0.25) is 0 Å².